The average molecular weight is 264 g/mol. The van der Waals surface area contributed by atoms with Crippen molar-refractivity contribution < 1.29 is 29.6 Å². The molecule has 6 heteroatoms. The van der Waals surface area contributed by atoms with Gasteiger partial charge in [-0.1, -0.05) is 20.4 Å². The maximum Gasteiger partial charge on any atom is 0.327 e. The van der Waals surface area contributed by atoms with E-state index in [0.717, 1.165) is 12.5 Å². The van der Waals surface area contributed by atoms with E-state index in [9.17, 15) is 9.90 Å². The Balaban J connectivity index is 0. The summed E-state index contributed by atoms with van der Waals surface area (Å²) in [4.78, 5) is 9.25. The smallest absolute Gasteiger partial charge is 0.327 e. The van der Waals surface area contributed by atoms with Gasteiger partial charge in [-0.25, -0.2) is 4.79 Å². The van der Waals surface area contributed by atoms with Gasteiger partial charge in [0.15, 0.2) is 6.29 Å². The van der Waals surface area contributed by atoms with Gasteiger partial charge in [-0.2, -0.15) is 0 Å². The average Bonchev–Trinajstić information content (AvgIpc) is 2.34. The van der Waals surface area contributed by atoms with Crippen LogP contribution in [-0.4, -0.2) is 54.5 Å². The van der Waals surface area contributed by atoms with Gasteiger partial charge < -0.3 is 24.8 Å². The first-order valence-corrected chi connectivity index (χ1v) is 5.56. The van der Waals surface area contributed by atoms with Gasteiger partial charge in [-0.15, -0.1) is 0 Å². The monoisotopic (exact) mass is 264 g/mol. The van der Waals surface area contributed by atoms with Crippen LogP contribution in [0.4, 0.5) is 0 Å². The molecule has 6 nitrogen and oxygen atoms in total. The van der Waals surface area contributed by atoms with Crippen LogP contribution in [0.5, 0.6) is 0 Å². The molecule has 18 heavy (non-hydrogen) atoms. The Morgan fingerprint density at radius 2 is 1.94 bits per heavy atom. The highest BCUT2D eigenvalue weighted by molar-refractivity contribution is 5.78. The lowest BCUT2D eigenvalue weighted by Crippen LogP contribution is -2.35. The first-order chi connectivity index (χ1) is 8.31. The van der Waals surface area contributed by atoms with Crippen LogP contribution in [-0.2, 0) is 14.3 Å². The van der Waals surface area contributed by atoms with Crippen molar-refractivity contribution in [3.05, 3.63) is 12.7 Å². The number of aliphatic hydroxyl groups is 2. The van der Waals surface area contributed by atoms with Crippen LogP contribution in [0.3, 0.4) is 0 Å². The Morgan fingerprint density at radius 3 is 2.28 bits per heavy atom. The van der Waals surface area contributed by atoms with E-state index in [1.165, 1.54) is 0 Å². The lowest BCUT2D eigenvalue weighted by atomic mass is 9.94. The highest BCUT2D eigenvalue weighted by atomic mass is 16.6. The van der Waals surface area contributed by atoms with Crippen LogP contribution in [0, 0.1) is 5.41 Å². The number of rotatable bonds is 8. The molecule has 0 fully saturated rings. The largest absolute Gasteiger partial charge is 0.478 e. The molecule has 0 radical (unpaired) electrons. The SMILES string of the molecule is C=CC(=O)O.COCCCOC(O)C(C)(C)CO. The summed E-state index contributed by atoms with van der Waals surface area (Å²) in [5, 5.41) is 26.0. The first kappa shape index (κ1) is 19.4. The first-order valence-electron chi connectivity index (χ1n) is 5.56. The van der Waals surface area contributed by atoms with Crippen molar-refractivity contribution in [2.45, 2.75) is 26.6 Å². The number of hydrogen-bond acceptors (Lipinski definition) is 5. The molecule has 0 aromatic carbocycles. The molecule has 1 unspecified atom stereocenters. The van der Waals surface area contributed by atoms with E-state index >= 15 is 0 Å². The topological polar surface area (TPSA) is 96.2 Å². The number of carboxylic acid groups (broad SMARTS) is 1. The summed E-state index contributed by atoms with van der Waals surface area (Å²) in [5.41, 5.74) is -0.604. The Morgan fingerprint density at radius 1 is 1.44 bits per heavy atom. The third-order valence-electron chi connectivity index (χ3n) is 2.02. The summed E-state index contributed by atoms with van der Waals surface area (Å²) >= 11 is 0. The Kier molecular flexibility index (Phi) is 12.0. The van der Waals surface area contributed by atoms with Crippen LogP contribution in [0.25, 0.3) is 0 Å². The summed E-state index contributed by atoms with van der Waals surface area (Å²) in [7, 11) is 1.62. The predicted molar refractivity (Wildman–Crippen MR) is 67.2 cm³/mol. The van der Waals surface area contributed by atoms with Crippen LogP contribution in [0.1, 0.15) is 20.3 Å². The van der Waals surface area contributed by atoms with Gasteiger partial charge in [-0.3, -0.25) is 0 Å². The zero-order valence-corrected chi connectivity index (χ0v) is 11.3. The molecule has 0 aliphatic heterocycles. The number of hydrogen-bond donors (Lipinski definition) is 3. The molecule has 0 saturated heterocycles. The number of aliphatic carboxylic acids is 1. The minimum Gasteiger partial charge on any atom is -0.478 e. The molecular weight excluding hydrogens is 240 g/mol. The summed E-state index contributed by atoms with van der Waals surface area (Å²) in [5.74, 6) is -0.981. The van der Waals surface area contributed by atoms with Gasteiger partial charge in [0.05, 0.1) is 13.2 Å². The van der Waals surface area contributed by atoms with Gasteiger partial charge in [0, 0.05) is 25.2 Å². The van der Waals surface area contributed by atoms with Crippen LogP contribution < -0.4 is 0 Å². The van der Waals surface area contributed by atoms with Crippen molar-refractivity contribution in [3.8, 4) is 0 Å². The number of carbonyl (C=O) groups is 1. The van der Waals surface area contributed by atoms with E-state index in [2.05, 4.69) is 6.58 Å². The number of aliphatic hydroxyl groups excluding tert-OH is 2. The minimum absolute atomic E-state index is 0.0988. The third-order valence-corrected chi connectivity index (χ3v) is 2.02. The second-order valence-electron chi connectivity index (χ2n) is 4.26. The van der Waals surface area contributed by atoms with Gasteiger partial charge >= 0.3 is 5.97 Å². The third kappa shape index (κ3) is 11.5. The molecule has 0 aliphatic carbocycles. The van der Waals surface area contributed by atoms with Crippen molar-refractivity contribution in [1.82, 2.24) is 0 Å². The Hall–Kier alpha value is -0.950. The van der Waals surface area contributed by atoms with Crippen molar-refractivity contribution in [2.75, 3.05) is 26.9 Å². The van der Waals surface area contributed by atoms with Crippen LogP contribution >= 0.6 is 0 Å². The van der Waals surface area contributed by atoms with E-state index < -0.39 is 17.7 Å². The van der Waals surface area contributed by atoms with Crippen molar-refractivity contribution >= 4 is 5.97 Å². The molecule has 0 aliphatic rings. The second-order valence-corrected chi connectivity index (χ2v) is 4.26. The predicted octanol–water partition coefficient (Wildman–Crippen LogP) is 0.633. The van der Waals surface area contributed by atoms with Gasteiger partial charge in [0.25, 0.3) is 0 Å². The summed E-state index contributed by atoms with van der Waals surface area (Å²) < 4.78 is 9.94. The minimum atomic E-state index is -0.981. The zero-order valence-electron chi connectivity index (χ0n) is 11.3. The Labute approximate surface area is 108 Å². The molecule has 0 rings (SSSR count). The summed E-state index contributed by atoms with van der Waals surface area (Å²) in [6, 6.07) is 0. The summed E-state index contributed by atoms with van der Waals surface area (Å²) in [6.07, 6.45) is 0.657. The Bertz CT molecular complexity index is 227. The second kappa shape index (κ2) is 11.2. The van der Waals surface area contributed by atoms with Crippen molar-refractivity contribution in [2.24, 2.45) is 5.41 Å². The molecule has 0 spiro atoms. The highest BCUT2D eigenvalue weighted by Gasteiger charge is 2.27. The van der Waals surface area contributed by atoms with Crippen LogP contribution in [0.15, 0.2) is 12.7 Å². The van der Waals surface area contributed by atoms with Crippen molar-refractivity contribution in [1.29, 1.82) is 0 Å². The fourth-order valence-corrected chi connectivity index (χ4v) is 0.702. The number of methoxy groups -OCH3 is 1. The van der Waals surface area contributed by atoms with Crippen LogP contribution in [0.2, 0.25) is 0 Å². The highest BCUT2D eigenvalue weighted by Crippen LogP contribution is 2.20. The van der Waals surface area contributed by atoms with Crippen molar-refractivity contribution in [3.63, 3.8) is 0 Å². The fourth-order valence-electron chi connectivity index (χ4n) is 0.702. The number of carboxylic acids is 1. The van der Waals surface area contributed by atoms with E-state index in [4.69, 9.17) is 19.7 Å². The molecule has 3 N–H and O–H groups in total. The number of ether oxygens (including phenoxy) is 2. The molecule has 0 amide bonds. The van der Waals surface area contributed by atoms with E-state index in [1.807, 2.05) is 0 Å². The maximum absolute atomic E-state index is 9.45. The maximum atomic E-state index is 9.45. The molecular formula is C12H24O6. The van der Waals surface area contributed by atoms with Gasteiger partial charge in [0.1, 0.15) is 0 Å². The lowest BCUT2D eigenvalue weighted by Gasteiger charge is -2.27. The quantitative estimate of drug-likeness (QED) is 0.338. The van der Waals surface area contributed by atoms with E-state index in [0.29, 0.717) is 13.2 Å². The molecule has 0 saturated carbocycles. The van der Waals surface area contributed by atoms with E-state index in [-0.39, 0.29) is 6.61 Å². The van der Waals surface area contributed by atoms with Gasteiger partial charge in [0.2, 0.25) is 0 Å². The molecule has 0 aromatic heterocycles. The fraction of sp³-hybridized carbons (Fsp3) is 0.750. The molecule has 108 valence electrons. The normalized spacial score (nSPS) is 12.3. The molecule has 1 atom stereocenters. The molecule has 0 heterocycles. The molecule has 0 aromatic rings. The molecule has 0 bridgehead atoms. The van der Waals surface area contributed by atoms with E-state index in [1.54, 1.807) is 21.0 Å². The summed E-state index contributed by atoms with van der Waals surface area (Å²) in [6.45, 7) is 7.41. The lowest BCUT2D eigenvalue weighted by molar-refractivity contribution is -0.176. The standard InChI is InChI=1S/C9H20O4.C3H4O2/c1-9(2,7-10)8(11)13-6-4-5-12-3;1-2-3(4)5/h8,10-11H,4-7H2,1-3H3;2H,1H2,(H,4,5). The zero-order chi connectivity index (χ0) is 14.6. The van der Waals surface area contributed by atoms with Gasteiger partial charge in [-0.05, 0) is 6.42 Å².